The minimum Gasteiger partial charge on any atom is -0.497 e. The number of pyridine rings is 1. The van der Waals surface area contributed by atoms with Gasteiger partial charge in [0.1, 0.15) is 17.3 Å². The van der Waals surface area contributed by atoms with E-state index in [4.69, 9.17) is 14.2 Å². The Hall–Kier alpha value is -4.46. The number of hydrogen-bond acceptors (Lipinski definition) is 6. The van der Waals surface area contributed by atoms with Crippen LogP contribution in [0.15, 0.2) is 72.8 Å². The molecule has 184 valence electrons. The molecule has 4 aromatic rings. The van der Waals surface area contributed by atoms with Gasteiger partial charge in [-0.3, -0.25) is 4.79 Å². The second-order valence-corrected chi connectivity index (χ2v) is 7.88. The number of ether oxygens (including phenoxy) is 3. The molecule has 1 amide bonds. The van der Waals surface area contributed by atoms with E-state index in [2.05, 4.69) is 10.3 Å². The molecular weight excluding hydrogens is 463 g/mol. The van der Waals surface area contributed by atoms with Crippen LogP contribution >= 0.6 is 0 Å². The number of esters is 1. The summed E-state index contributed by atoms with van der Waals surface area (Å²) >= 11 is 0. The van der Waals surface area contributed by atoms with Crippen LogP contribution in [0.25, 0.3) is 22.2 Å². The van der Waals surface area contributed by atoms with Gasteiger partial charge in [-0.2, -0.15) is 0 Å². The second-order valence-electron chi connectivity index (χ2n) is 7.88. The number of methoxy groups -OCH3 is 1. The van der Waals surface area contributed by atoms with Crippen LogP contribution in [0.2, 0.25) is 0 Å². The van der Waals surface area contributed by atoms with Crippen molar-refractivity contribution in [2.45, 2.75) is 13.5 Å². The molecule has 8 heteroatoms. The summed E-state index contributed by atoms with van der Waals surface area (Å²) in [7, 11) is 1.59. The number of halogens is 1. The van der Waals surface area contributed by atoms with E-state index in [1.165, 1.54) is 12.1 Å². The van der Waals surface area contributed by atoms with Crippen molar-refractivity contribution in [1.29, 1.82) is 0 Å². The molecule has 0 aliphatic heterocycles. The monoisotopic (exact) mass is 488 g/mol. The Balaban J connectivity index is 1.57. The van der Waals surface area contributed by atoms with Crippen LogP contribution < -0.4 is 14.8 Å². The van der Waals surface area contributed by atoms with E-state index < -0.39 is 5.97 Å². The van der Waals surface area contributed by atoms with Gasteiger partial charge < -0.3 is 19.5 Å². The summed E-state index contributed by atoms with van der Waals surface area (Å²) in [6.07, 6.45) is 0. The minimum absolute atomic E-state index is 0.246. The van der Waals surface area contributed by atoms with Crippen LogP contribution in [0, 0.1) is 5.82 Å². The molecule has 0 aliphatic carbocycles. The molecule has 0 saturated carbocycles. The van der Waals surface area contributed by atoms with Gasteiger partial charge in [0, 0.05) is 23.6 Å². The molecule has 4 rings (SSSR count). The van der Waals surface area contributed by atoms with Crippen molar-refractivity contribution in [3.8, 4) is 22.8 Å². The first-order valence-electron chi connectivity index (χ1n) is 11.4. The number of nitrogens with one attached hydrogen (secondary N) is 1. The fraction of sp³-hybridized carbons (Fsp3) is 0.179. The van der Waals surface area contributed by atoms with E-state index in [0.717, 1.165) is 11.3 Å². The molecule has 3 aromatic carbocycles. The highest BCUT2D eigenvalue weighted by atomic mass is 19.1. The Bertz CT molecular complexity index is 1370. The minimum atomic E-state index is -0.467. The van der Waals surface area contributed by atoms with Crippen LogP contribution in [-0.2, 0) is 16.1 Å². The van der Waals surface area contributed by atoms with Gasteiger partial charge in [-0.1, -0.05) is 12.1 Å². The molecule has 0 bridgehead atoms. The number of nitrogens with zero attached hydrogens (tertiary/aromatic N) is 1. The highest BCUT2D eigenvalue weighted by Gasteiger charge is 2.14. The number of benzene rings is 3. The van der Waals surface area contributed by atoms with Gasteiger partial charge in [0.15, 0.2) is 6.61 Å². The van der Waals surface area contributed by atoms with E-state index in [1.54, 1.807) is 50.4 Å². The first-order chi connectivity index (χ1) is 17.5. The molecule has 0 unspecified atom stereocenters. The van der Waals surface area contributed by atoms with E-state index >= 15 is 0 Å². The molecule has 1 aromatic heterocycles. The van der Waals surface area contributed by atoms with Crippen LogP contribution in [0.5, 0.6) is 11.5 Å². The Morgan fingerprint density at radius 2 is 1.72 bits per heavy atom. The molecular formula is C28H25FN2O5. The standard InChI is InChI=1S/C28H25FN2O5/c1-3-35-28(33)20-8-13-24-23(14-20)26(15-25(31-24)19-6-9-21(29)10-7-19)36-17-27(32)30-16-18-4-11-22(34-2)12-5-18/h4-15H,3,16-17H2,1-2H3,(H,30,32). The summed E-state index contributed by atoms with van der Waals surface area (Å²) in [4.78, 5) is 29.4. The number of amides is 1. The predicted molar refractivity (Wildman–Crippen MR) is 133 cm³/mol. The van der Waals surface area contributed by atoms with E-state index in [9.17, 15) is 14.0 Å². The first kappa shape index (κ1) is 24.7. The highest BCUT2D eigenvalue weighted by molar-refractivity contribution is 5.97. The van der Waals surface area contributed by atoms with Crippen molar-refractivity contribution in [2.75, 3.05) is 20.3 Å². The fourth-order valence-electron chi connectivity index (χ4n) is 3.56. The zero-order chi connectivity index (χ0) is 25.5. The van der Waals surface area contributed by atoms with Gasteiger partial charge in [-0.25, -0.2) is 14.2 Å². The van der Waals surface area contributed by atoms with E-state index in [0.29, 0.717) is 40.0 Å². The third-order valence-corrected chi connectivity index (χ3v) is 5.43. The molecule has 7 nitrogen and oxygen atoms in total. The summed E-state index contributed by atoms with van der Waals surface area (Å²) < 4.78 is 29.6. The second kappa shape index (κ2) is 11.3. The van der Waals surface area contributed by atoms with Crippen molar-refractivity contribution < 1.29 is 28.2 Å². The summed E-state index contributed by atoms with van der Waals surface area (Å²) in [6.45, 7) is 2.06. The number of aromatic nitrogens is 1. The Morgan fingerprint density at radius 1 is 0.972 bits per heavy atom. The van der Waals surface area contributed by atoms with Crippen molar-refractivity contribution >= 4 is 22.8 Å². The summed E-state index contributed by atoms with van der Waals surface area (Å²) in [5.74, 6) is -0.0448. The number of rotatable bonds is 9. The SMILES string of the molecule is CCOC(=O)c1ccc2nc(-c3ccc(F)cc3)cc(OCC(=O)NCc3ccc(OC)cc3)c2c1. The summed E-state index contributed by atoms with van der Waals surface area (Å²) in [6, 6.07) is 19.9. The lowest BCUT2D eigenvalue weighted by Gasteiger charge is -2.13. The van der Waals surface area contributed by atoms with Gasteiger partial charge >= 0.3 is 5.97 Å². The molecule has 36 heavy (non-hydrogen) atoms. The van der Waals surface area contributed by atoms with Crippen molar-refractivity contribution in [2.24, 2.45) is 0 Å². The van der Waals surface area contributed by atoms with Gasteiger partial charge in [0.25, 0.3) is 5.91 Å². The van der Waals surface area contributed by atoms with Gasteiger partial charge in [-0.15, -0.1) is 0 Å². The largest absolute Gasteiger partial charge is 0.497 e. The van der Waals surface area contributed by atoms with Crippen molar-refractivity contribution in [3.63, 3.8) is 0 Å². The summed E-state index contributed by atoms with van der Waals surface area (Å²) in [5, 5.41) is 3.37. The molecule has 0 fully saturated rings. The fourth-order valence-corrected chi connectivity index (χ4v) is 3.56. The molecule has 1 heterocycles. The molecule has 0 radical (unpaired) electrons. The van der Waals surface area contributed by atoms with Gasteiger partial charge in [0.05, 0.1) is 30.5 Å². The maximum Gasteiger partial charge on any atom is 0.338 e. The average Bonchev–Trinajstić information content (AvgIpc) is 2.91. The molecule has 1 N–H and O–H groups in total. The first-order valence-corrected chi connectivity index (χ1v) is 11.4. The normalized spacial score (nSPS) is 10.6. The Kier molecular flexibility index (Phi) is 7.75. The third-order valence-electron chi connectivity index (χ3n) is 5.43. The smallest absolute Gasteiger partial charge is 0.338 e. The third kappa shape index (κ3) is 5.96. The van der Waals surface area contributed by atoms with Crippen molar-refractivity contribution in [1.82, 2.24) is 10.3 Å². The number of hydrogen-bond donors (Lipinski definition) is 1. The van der Waals surface area contributed by atoms with Crippen molar-refractivity contribution in [3.05, 3.63) is 89.7 Å². The maximum atomic E-state index is 13.4. The molecule has 0 spiro atoms. The average molecular weight is 489 g/mol. The van der Waals surface area contributed by atoms with Gasteiger partial charge in [0.2, 0.25) is 0 Å². The topological polar surface area (TPSA) is 86.8 Å². The zero-order valence-electron chi connectivity index (χ0n) is 19.9. The highest BCUT2D eigenvalue weighted by Crippen LogP contribution is 2.31. The molecule has 0 saturated heterocycles. The van der Waals surface area contributed by atoms with Crippen LogP contribution in [0.4, 0.5) is 4.39 Å². The summed E-state index contributed by atoms with van der Waals surface area (Å²) in [5.41, 5.74) is 3.03. The molecule has 0 aliphatic rings. The number of carbonyl (C=O) groups is 2. The molecule has 0 atom stereocenters. The van der Waals surface area contributed by atoms with Crippen LogP contribution in [0.1, 0.15) is 22.8 Å². The Labute approximate surface area is 207 Å². The Morgan fingerprint density at radius 3 is 2.42 bits per heavy atom. The lowest BCUT2D eigenvalue weighted by Crippen LogP contribution is -2.28. The quantitative estimate of drug-likeness (QED) is 0.337. The van der Waals surface area contributed by atoms with E-state index in [-0.39, 0.29) is 24.9 Å². The zero-order valence-corrected chi connectivity index (χ0v) is 19.9. The number of fused-ring (bicyclic) bond motifs is 1. The lowest BCUT2D eigenvalue weighted by molar-refractivity contribution is -0.123. The van der Waals surface area contributed by atoms with Gasteiger partial charge in [-0.05, 0) is 67.1 Å². The van der Waals surface area contributed by atoms with Crippen LogP contribution in [-0.4, -0.2) is 37.2 Å². The maximum absolute atomic E-state index is 13.4. The predicted octanol–water partition coefficient (Wildman–Crippen LogP) is 4.92. The number of carbonyl (C=O) groups excluding carboxylic acids is 2. The lowest BCUT2D eigenvalue weighted by atomic mass is 10.1. The van der Waals surface area contributed by atoms with Crippen LogP contribution in [0.3, 0.4) is 0 Å². The van der Waals surface area contributed by atoms with E-state index in [1.807, 2.05) is 24.3 Å².